The summed E-state index contributed by atoms with van der Waals surface area (Å²) in [5.41, 5.74) is 1.89. The van der Waals surface area contributed by atoms with Gasteiger partial charge in [0.15, 0.2) is 16.6 Å². The lowest BCUT2D eigenvalue weighted by atomic mass is 10.1. The largest absolute Gasteiger partial charge is 0.495 e. The molecular formula is C27H34N4O5S. The molecule has 1 fully saturated rings. The van der Waals surface area contributed by atoms with Gasteiger partial charge >= 0.3 is 0 Å². The highest BCUT2D eigenvalue weighted by Crippen LogP contribution is 2.31. The van der Waals surface area contributed by atoms with E-state index < -0.39 is 0 Å². The van der Waals surface area contributed by atoms with Gasteiger partial charge in [-0.15, -0.1) is 0 Å². The predicted octanol–water partition coefficient (Wildman–Crippen LogP) is 3.48. The van der Waals surface area contributed by atoms with Crippen LogP contribution in [0.5, 0.6) is 17.2 Å². The van der Waals surface area contributed by atoms with E-state index in [1.807, 2.05) is 41.3 Å². The molecule has 0 saturated carbocycles. The molecular weight excluding hydrogens is 492 g/mol. The van der Waals surface area contributed by atoms with Crippen LogP contribution in [-0.2, 0) is 11.3 Å². The number of methoxy groups -OCH3 is 3. The molecule has 0 bridgehead atoms. The summed E-state index contributed by atoms with van der Waals surface area (Å²) < 4.78 is 21.8. The number of ether oxygens (including phenoxy) is 4. The maximum atomic E-state index is 13.1. The number of rotatable bonds is 10. The van der Waals surface area contributed by atoms with Gasteiger partial charge in [0.05, 0.1) is 52.3 Å². The van der Waals surface area contributed by atoms with Crippen molar-refractivity contribution in [3.05, 3.63) is 58.4 Å². The van der Waals surface area contributed by atoms with Crippen molar-refractivity contribution < 1.29 is 18.9 Å². The minimum atomic E-state index is -0.169. The summed E-state index contributed by atoms with van der Waals surface area (Å²) in [7, 11) is 4.79. The standard InChI is InChI=1S/C27H34N4O5S/c1-33-23-8-5-4-7-21(23)29-27(37)31(10-6-9-30-11-13-36-14-12-30)18-20-15-19-16-24(34-2)25(35-3)17-22(19)28-26(20)32/h4-5,7-8,15-17H,6,9-14,18H2,1-3H3,(H,28,32)(H,29,37). The molecule has 3 aromatic rings. The SMILES string of the molecule is COc1ccccc1NC(=S)N(CCCN1CCOCC1)Cc1cc2cc(OC)c(OC)cc2[nH]c1=O. The third-order valence-electron chi connectivity index (χ3n) is 6.43. The van der Waals surface area contributed by atoms with Gasteiger partial charge in [-0.3, -0.25) is 9.69 Å². The lowest BCUT2D eigenvalue weighted by molar-refractivity contribution is 0.0367. The number of hydrogen-bond donors (Lipinski definition) is 2. The Morgan fingerprint density at radius 1 is 1.05 bits per heavy atom. The lowest BCUT2D eigenvalue weighted by Crippen LogP contribution is -2.40. The lowest BCUT2D eigenvalue weighted by Gasteiger charge is -2.29. The first-order valence-corrected chi connectivity index (χ1v) is 12.7. The van der Waals surface area contributed by atoms with Crippen LogP contribution in [0.25, 0.3) is 10.9 Å². The van der Waals surface area contributed by atoms with E-state index in [-0.39, 0.29) is 5.56 Å². The van der Waals surface area contributed by atoms with Crippen molar-refractivity contribution in [3.8, 4) is 17.2 Å². The summed E-state index contributed by atoms with van der Waals surface area (Å²) in [6, 6.07) is 13.1. The normalized spacial score (nSPS) is 13.8. The number of nitrogens with one attached hydrogen (secondary N) is 2. The van der Waals surface area contributed by atoms with Crippen LogP contribution < -0.4 is 25.1 Å². The third kappa shape index (κ3) is 6.71. The van der Waals surface area contributed by atoms with Gasteiger partial charge in [0.1, 0.15) is 5.75 Å². The maximum Gasteiger partial charge on any atom is 0.253 e. The highest BCUT2D eigenvalue weighted by Gasteiger charge is 2.17. The molecule has 0 aliphatic carbocycles. The van der Waals surface area contributed by atoms with Gasteiger partial charge in [0, 0.05) is 43.2 Å². The zero-order valence-electron chi connectivity index (χ0n) is 21.5. The molecule has 2 N–H and O–H groups in total. The van der Waals surface area contributed by atoms with Gasteiger partial charge in [-0.25, -0.2) is 0 Å². The average molecular weight is 527 g/mol. The molecule has 0 spiro atoms. The Labute approximate surface area is 222 Å². The van der Waals surface area contributed by atoms with Crippen molar-refractivity contribution in [2.45, 2.75) is 13.0 Å². The highest BCUT2D eigenvalue weighted by molar-refractivity contribution is 7.80. The van der Waals surface area contributed by atoms with E-state index >= 15 is 0 Å². The Morgan fingerprint density at radius 2 is 1.76 bits per heavy atom. The molecule has 37 heavy (non-hydrogen) atoms. The number of benzene rings is 2. The van der Waals surface area contributed by atoms with Crippen LogP contribution in [-0.4, -0.2) is 80.6 Å². The fourth-order valence-electron chi connectivity index (χ4n) is 4.41. The molecule has 198 valence electrons. The Morgan fingerprint density at radius 3 is 2.49 bits per heavy atom. The molecule has 0 unspecified atom stereocenters. The van der Waals surface area contributed by atoms with Crippen LogP contribution in [0, 0.1) is 0 Å². The molecule has 1 aromatic heterocycles. The first kappa shape index (κ1) is 26.7. The second-order valence-corrected chi connectivity index (χ2v) is 9.16. The Balaban J connectivity index is 1.57. The van der Waals surface area contributed by atoms with Gasteiger partial charge in [-0.2, -0.15) is 0 Å². The number of hydrogen-bond acceptors (Lipinski definition) is 7. The van der Waals surface area contributed by atoms with Crippen molar-refractivity contribution in [1.29, 1.82) is 0 Å². The molecule has 4 rings (SSSR count). The predicted molar refractivity (Wildman–Crippen MR) is 149 cm³/mol. The number of pyridine rings is 1. The van der Waals surface area contributed by atoms with Crippen LogP contribution in [0.1, 0.15) is 12.0 Å². The van der Waals surface area contributed by atoms with Gasteiger partial charge in [0.2, 0.25) is 0 Å². The van der Waals surface area contributed by atoms with Crippen LogP contribution in [0.4, 0.5) is 5.69 Å². The van der Waals surface area contributed by atoms with Crippen molar-refractivity contribution in [3.63, 3.8) is 0 Å². The van der Waals surface area contributed by atoms with E-state index in [1.165, 1.54) is 0 Å². The average Bonchev–Trinajstić information content (AvgIpc) is 2.92. The van der Waals surface area contributed by atoms with Gasteiger partial charge < -0.3 is 34.1 Å². The van der Waals surface area contributed by atoms with E-state index in [9.17, 15) is 4.79 Å². The van der Waals surface area contributed by atoms with Gasteiger partial charge in [0.25, 0.3) is 5.56 Å². The Kier molecular flexibility index (Phi) is 9.21. The van der Waals surface area contributed by atoms with E-state index in [1.54, 1.807) is 27.4 Å². The van der Waals surface area contributed by atoms with Crippen molar-refractivity contribution in [2.75, 3.05) is 66.0 Å². The quantitative estimate of drug-likeness (QED) is 0.386. The van der Waals surface area contributed by atoms with E-state index in [0.29, 0.717) is 46.5 Å². The first-order valence-electron chi connectivity index (χ1n) is 12.3. The minimum Gasteiger partial charge on any atom is -0.495 e. The third-order valence-corrected chi connectivity index (χ3v) is 6.79. The molecule has 9 nitrogen and oxygen atoms in total. The van der Waals surface area contributed by atoms with Crippen LogP contribution in [0.15, 0.2) is 47.3 Å². The first-order chi connectivity index (χ1) is 18.0. The van der Waals surface area contributed by atoms with E-state index in [4.69, 9.17) is 31.2 Å². The molecule has 1 aliphatic rings. The number of aromatic amines is 1. The van der Waals surface area contributed by atoms with Crippen LogP contribution in [0.2, 0.25) is 0 Å². The van der Waals surface area contributed by atoms with Gasteiger partial charge in [-0.05, 0) is 42.9 Å². The minimum absolute atomic E-state index is 0.169. The summed E-state index contributed by atoms with van der Waals surface area (Å²) >= 11 is 5.82. The van der Waals surface area contributed by atoms with Crippen LogP contribution >= 0.6 is 12.2 Å². The topological polar surface area (TPSA) is 88.3 Å². The number of fused-ring (bicyclic) bond motifs is 1. The second-order valence-electron chi connectivity index (χ2n) is 8.78. The fraction of sp³-hybridized carbons (Fsp3) is 0.407. The maximum absolute atomic E-state index is 13.1. The monoisotopic (exact) mass is 526 g/mol. The smallest absolute Gasteiger partial charge is 0.253 e. The summed E-state index contributed by atoms with van der Waals surface area (Å²) in [5.74, 6) is 1.86. The molecule has 1 aliphatic heterocycles. The number of para-hydroxylation sites is 2. The highest BCUT2D eigenvalue weighted by atomic mass is 32.1. The zero-order chi connectivity index (χ0) is 26.2. The van der Waals surface area contributed by atoms with E-state index in [2.05, 4.69) is 15.2 Å². The molecule has 0 radical (unpaired) electrons. The van der Waals surface area contributed by atoms with Crippen molar-refractivity contribution in [2.24, 2.45) is 0 Å². The number of morpholine rings is 1. The molecule has 0 atom stereocenters. The molecule has 0 amide bonds. The van der Waals surface area contributed by atoms with Crippen LogP contribution in [0.3, 0.4) is 0 Å². The number of anilines is 1. The number of nitrogens with zero attached hydrogens (tertiary/aromatic N) is 2. The summed E-state index contributed by atoms with van der Waals surface area (Å²) in [6.07, 6.45) is 0.893. The molecule has 10 heteroatoms. The second kappa shape index (κ2) is 12.8. The summed E-state index contributed by atoms with van der Waals surface area (Å²) in [5, 5.41) is 4.69. The molecule has 1 saturated heterocycles. The number of H-pyrrole nitrogens is 1. The number of aromatic nitrogens is 1. The Hall–Kier alpha value is -3.34. The summed E-state index contributed by atoms with van der Waals surface area (Å²) in [6.45, 7) is 5.35. The zero-order valence-corrected chi connectivity index (χ0v) is 22.4. The molecule has 2 aromatic carbocycles. The van der Waals surface area contributed by atoms with Gasteiger partial charge in [-0.1, -0.05) is 12.1 Å². The van der Waals surface area contributed by atoms with Crippen molar-refractivity contribution in [1.82, 2.24) is 14.8 Å². The number of thiocarbonyl (C=S) groups is 1. The fourth-order valence-corrected chi connectivity index (χ4v) is 4.67. The Bertz CT molecular complexity index is 1280. The van der Waals surface area contributed by atoms with Crippen molar-refractivity contribution >= 4 is 33.9 Å². The summed E-state index contributed by atoms with van der Waals surface area (Å²) in [4.78, 5) is 20.5. The molecule has 2 heterocycles. The van der Waals surface area contributed by atoms with E-state index in [0.717, 1.165) is 50.3 Å².